The highest BCUT2D eigenvalue weighted by Crippen LogP contribution is 2.25. The molecule has 0 saturated heterocycles. The van der Waals surface area contributed by atoms with E-state index in [-0.39, 0.29) is 11.7 Å². The van der Waals surface area contributed by atoms with Gasteiger partial charge in [0.1, 0.15) is 5.01 Å². The van der Waals surface area contributed by atoms with E-state index in [4.69, 9.17) is 4.42 Å². The van der Waals surface area contributed by atoms with Crippen molar-refractivity contribution in [2.75, 3.05) is 0 Å². The average Bonchev–Trinajstić information content (AvgIpc) is 3.09. The number of rotatable bonds is 3. The van der Waals surface area contributed by atoms with E-state index in [0.29, 0.717) is 12.1 Å². The van der Waals surface area contributed by atoms with Crippen molar-refractivity contribution in [1.82, 2.24) is 14.9 Å². The van der Waals surface area contributed by atoms with E-state index in [2.05, 4.69) is 10.3 Å². The zero-order valence-corrected chi connectivity index (χ0v) is 14.9. The minimum absolute atomic E-state index is 0.00766. The molecule has 0 radical (unpaired) electrons. The second kappa shape index (κ2) is 5.90. The SMILES string of the molecule is Cn1c(=O)oc2cc(-c3csc(CNC(=O)C(C)(C)C)n3)ccc21. The van der Waals surface area contributed by atoms with E-state index >= 15 is 0 Å². The number of hydrogen-bond donors (Lipinski definition) is 1. The van der Waals surface area contributed by atoms with Gasteiger partial charge in [-0.3, -0.25) is 9.36 Å². The number of carbonyl (C=O) groups excluding carboxylic acids is 1. The molecule has 1 amide bonds. The molecule has 0 unspecified atom stereocenters. The number of carbonyl (C=O) groups is 1. The van der Waals surface area contributed by atoms with Crippen LogP contribution in [0.5, 0.6) is 0 Å². The van der Waals surface area contributed by atoms with Crippen LogP contribution in [0.2, 0.25) is 0 Å². The molecular weight excluding hydrogens is 326 g/mol. The van der Waals surface area contributed by atoms with Crippen LogP contribution in [0.25, 0.3) is 22.4 Å². The first kappa shape index (κ1) is 16.4. The summed E-state index contributed by atoms with van der Waals surface area (Å²) in [6, 6.07) is 5.56. The van der Waals surface area contributed by atoms with Gasteiger partial charge in [-0.2, -0.15) is 0 Å². The Morgan fingerprint density at radius 3 is 2.83 bits per heavy atom. The highest BCUT2D eigenvalue weighted by molar-refractivity contribution is 7.09. The summed E-state index contributed by atoms with van der Waals surface area (Å²) in [5, 5.41) is 5.65. The summed E-state index contributed by atoms with van der Waals surface area (Å²) in [5.41, 5.74) is 2.54. The summed E-state index contributed by atoms with van der Waals surface area (Å²) in [5.74, 6) is -0.391. The Bertz CT molecular complexity index is 960. The van der Waals surface area contributed by atoms with Gasteiger partial charge in [0.2, 0.25) is 5.91 Å². The molecule has 0 spiro atoms. The summed E-state index contributed by atoms with van der Waals surface area (Å²) in [7, 11) is 1.67. The third-order valence-electron chi connectivity index (χ3n) is 3.72. The molecule has 0 bridgehead atoms. The van der Waals surface area contributed by atoms with Crippen LogP contribution in [0, 0.1) is 5.41 Å². The Hall–Kier alpha value is -2.41. The Balaban J connectivity index is 1.80. The van der Waals surface area contributed by atoms with Crippen LogP contribution in [0.4, 0.5) is 0 Å². The van der Waals surface area contributed by atoms with E-state index in [1.807, 2.05) is 44.4 Å². The Morgan fingerprint density at radius 2 is 2.12 bits per heavy atom. The van der Waals surface area contributed by atoms with Gasteiger partial charge in [0.05, 0.1) is 17.8 Å². The number of benzene rings is 1. The number of nitrogens with one attached hydrogen (secondary N) is 1. The number of hydrogen-bond acceptors (Lipinski definition) is 5. The largest absolute Gasteiger partial charge is 0.419 e. The highest BCUT2D eigenvalue weighted by Gasteiger charge is 2.21. The normalized spacial score (nSPS) is 11.8. The van der Waals surface area contributed by atoms with Crippen molar-refractivity contribution in [2.45, 2.75) is 27.3 Å². The third-order valence-corrected chi connectivity index (χ3v) is 4.57. The Morgan fingerprint density at radius 1 is 1.38 bits per heavy atom. The van der Waals surface area contributed by atoms with Gasteiger partial charge in [-0.1, -0.05) is 26.8 Å². The van der Waals surface area contributed by atoms with E-state index in [1.54, 1.807) is 7.05 Å². The predicted octanol–water partition coefficient (Wildman–Crippen LogP) is 2.92. The molecule has 1 aromatic carbocycles. The lowest BCUT2D eigenvalue weighted by molar-refractivity contribution is -0.128. The molecule has 7 heteroatoms. The van der Waals surface area contributed by atoms with Gasteiger partial charge >= 0.3 is 5.76 Å². The van der Waals surface area contributed by atoms with Crippen LogP contribution in [-0.4, -0.2) is 15.5 Å². The summed E-state index contributed by atoms with van der Waals surface area (Å²) in [6.45, 7) is 6.03. The first-order valence-electron chi connectivity index (χ1n) is 7.58. The first-order chi connectivity index (χ1) is 11.3. The van der Waals surface area contributed by atoms with Gasteiger partial charge in [-0.15, -0.1) is 11.3 Å². The topological polar surface area (TPSA) is 77.1 Å². The molecule has 0 aliphatic rings. The standard InChI is InChI=1S/C17H19N3O3S/c1-17(2,3)15(21)18-8-14-19-11(9-24-14)10-5-6-12-13(7-10)23-16(22)20(12)4/h5-7,9H,8H2,1-4H3,(H,18,21). The van der Waals surface area contributed by atoms with E-state index in [0.717, 1.165) is 21.8 Å². The molecule has 1 N–H and O–H groups in total. The predicted molar refractivity (Wildman–Crippen MR) is 93.9 cm³/mol. The molecule has 3 rings (SSSR count). The number of aromatic nitrogens is 2. The summed E-state index contributed by atoms with van der Waals surface area (Å²) in [6.07, 6.45) is 0. The minimum Gasteiger partial charge on any atom is -0.408 e. The van der Waals surface area contributed by atoms with Crippen LogP contribution >= 0.6 is 11.3 Å². The van der Waals surface area contributed by atoms with E-state index in [9.17, 15) is 9.59 Å². The van der Waals surface area contributed by atoms with E-state index in [1.165, 1.54) is 15.9 Å². The molecule has 2 heterocycles. The van der Waals surface area contributed by atoms with Crippen molar-refractivity contribution in [2.24, 2.45) is 12.5 Å². The molecule has 0 saturated carbocycles. The van der Waals surface area contributed by atoms with Crippen molar-refractivity contribution in [3.63, 3.8) is 0 Å². The van der Waals surface area contributed by atoms with Gasteiger partial charge in [0.15, 0.2) is 5.58 Å². The number of fused-ring (bicyclic) bond motifs is 1. The van der Waals surface area contributed by atoms with Crippen molar-refractivity contribution in [1.29, 1.82) is 0 Å². The summed E-state index contributed by atoms with van der Waals surface area (Å²) >= 11 is 1.49. The summed E-state index contributed by atoms with van der Waals surface area (Å²) in [4.78, 5) is 28.0. The maximum atomic E-state index is 11.9. The van der Waals surface area contributed by atoms with E-state index < -0.39 is 5.41 Å². The molecule has 3 aromatic rings. The smallest absolute Gasteiger partial charge is 0.408 e. The molecule has 126 valence electrons. The molecule has 0 aliphatic heterocycles. The van der Waals surface area contributed by atoms with Crippen LogP contribution in [0.15, 0.2) is 32.8 Å². The van der Waals surface area contributed by atoms with Crippen molar-refractivity contribution < 1.29 is 9.21 Å². The van der Waals surface area contributed by atoms with Crippen molar-refractivity contribution in [3.05, 3.63) is 39.1 Å². The number of aryl methyl sites for hydroxylation is 1. The molecule has 0 fully saturated rings. The Kier molecular flexibility index (Phi) is 4.04. The lowest BCUT2D eigenvalue weighted by atomic mass is 9.96. The lowest BCUT2D eigenvalue weighted by Crippen LogP contribution is -2.34. The van der Waals surface area contributed by atoms with Gasteiger partial charge in [0, 0.05) is 23.4 Å². The maximum Gasteiger partial charge on any atom is 0.419 e. The lowest BCUT2D eigenvalue weighted by Gasteiger charge is -2.16. The molecule has 2 aromatic heterocycles. The monoisotopic (exact) mass is 345 g/mol. The number of amides is 1. The second-order valence-electron chi connectivity index (χ2n) is 6.67. The van der Waals surface area contributed by atoms with Crippen LogP contribution in [0.3, 0.4) is 0 Å². The van der Waals surface area contributed by atoms with Crippen molar-refractivity contribution >= 4 is 28.3 Å². The van der Waals surface area contributed by atoms with Crippen LogP contribution in [0.1, 0.15) is 25.8 Å². The number of oxazole rings is 1. The first-order valence-corrected chi connectivity index (χ1v) is 8.46. The summed E-state index contributed by atoms with van der Waals surface area (Å²) < 4.78 is 6.68. The molecule has 24 heavy (non-hydrogen) atoms. The van der Waals surface area contributed by atoms with Gasteiger partial charge in [-0.05, 0) is 12.1 Å². The minimum atomic E-state index is -0.421. The average molecular weight is 345 g/mol. The zero-order chi connectivity index (χ0) is 17.5. The Labute approximate surface area is 143 Å². The molecule has 6 nitrogen and oxygen atoms in total. The zero-order valence-electron chi connectivity index (χ0n) is 14.0. The van der Waals surface area contributed by atoms with Crippen LogP contribution in [-0.2, 0) is 18.4 Å². The maximum absolute atomic E-state index is 11.9. The third kappa shape index (κ3) is 3.12. The van der Waals surface area contributed by atoms with Crippen LogP contribution < -0.4 is 11.1 Å². The van der Waals surface area contributed by atoms with Gasteiger partial charge < -0.3 is 9.73 Å². The quantitative estimate of drug-likeness (QED) is 0.792. The van der Waals surface area contributed by atoms with Crippen molar-refractivity contribution in [3.8, 4) is 11.3 Å². The number of thiazole rings is 1. The fourth-order valence-corrected chi connectivity index (χ4v) is 2.98. The molecule has 0 atom stereocenters. The molecule has 0 aliphatic carbocycles. The van der Waals surface area contributed by atoms with Gasteiger partial charge in [-0.25, -0.2) is 9.78 Å². The second-order valence-corrected chi connectivity index (χ2v) is 7.61. The van der Waals surface area contributed by atoms with Gasteiger partial charge in [0.25, 0.3) is 0 Å². The fraction of sp³-hybridized carbons (Fsp3) is 0.353. The molecular formula is C17H19N3O3S. The highest BCUT2D eigenvalue weighted by atomic mass is 32.1. The number of nitrogens with zero attached hydrogens (tertiary/aromatic N) is 2. The fourth-order valence-electron chi connectivity index (χ4n) is 2.24.